The summed E-state index contributed by atoms with van der Waals surface area (Å²) >= 11 is 0. The van der Waals surface area contributed by atoms with Crippen molar-refractivity contribution in [2.45, 2.75) is 44.6 Å². The zero-order valence-electron chi connectivity index (χ0n) is 11.1. The maximum atomic E-state index is 12.0. The van der Waals surface area contributed by atoms with Crippen LogP contribution in [0.1, 0.15) is 38.5 Å². The number of amides is 1. The Labute approximate surface area is 110 Å². The van der Waals surface area contributed by atoms with Crippen LogP contribution in [0.2, 0.25) is 0 Å². The summed E-state index contributed by atoms with van der Waals surface area (Å²) in [6.45, 7) is 8.04. The molecule has 0 bridgehead atoms. The molecule has 3 nitrogen and oxygen atoms in total. The highest BCUT2D eigenvalue weighted by Crippen LogP contribution is 2.23. The second-order valence-corrected chi connectivity index (χ2v) is 5.18. The lowest BCUT2D eigenvalue weighted by Crippen LogP contribution is -2.36. The molecule has 2 unspecified atom stereocenters. The molecule has 3 heteroatoms. The SMILES string of the molecule is C=CCC(CC=C)C(=O)NCC1CCCC(O)C1. The van der Waals surface area contributed by atoms with Gasteiger partial charge in [-0.2, -0.15) is 0 Å². The molecule has 1 aliphatic rings. The third-order valence-corrected chi connectivity index (χ3v) is 3.59. The Hall–Kier alpha value is -1.09. The third-order valence-electron chi connectivity index (χ3n) is 3.59. The Morgan fingerprint density at radius 3 is 2.56 bits per heavy atom. The highest BCUT2D eigenvalue weighted by molar-refractivity contribution is 5.78. The van der Waals surface area contributed by atoms with E-state index in [1.54, 1.807) is 12.2 Å². The molecule has 2 atom stereocenters. The van der Waals surface area contributed by atoms with Gasteiger partial charge < -0.3 is 10.4 Å². The average Bonchev–Trinajstić information content (AvgIpc) is 2.36. The van der Waals surface area contributed by atoms with Crippen molar-refractivity contribution < 1.29 is 9.90 Å². The fourth-order valence-corrected chi connectivity index (χ4v) is 2.55. The first-order valence-electron chi connectivity index (χ1n) is 6.85. The summed E-state index contributed by atoms with van der Waals surface area (Å²) in [6.07, 6.45) is 8.62. The van der Waals surface area contributed by atoms with Gasteiger partial charge in [-0.3, -0.25) is 4.79 Å². The van der Waals surface area contributed by atoms with Crippen molar-refractivity contribution in [1.82, 2.24) is 5.32 Å². The minimum absolute atomic E-state index is 0.0477. The molecule has 0 aromatic carbocycles. The third kappa shape index (κ3) is 5.05. The molecule has 0 aromatic rings. The first-order chi connectivity index (χ1) is 8.67. The van der Waals surface area contributed by atoms with E-state index in [0.29, 0.717) is 25.3 Å². The van der Waals surface area contributed by atoms with E-state index in [1.165, 1.54) is 0 Å². The van der Waals surface area contributed by atoms with Crippen molar-refractivity contribution in [3.05, 3.63) is 25.3 Å². The molecular weight excluding hydrogens is 226 g/mol. The molecule has 18 heavy (non-hydrogen) atoms. The Morgan fingerprint density at radius 2 is 2.00 bits per heavy atom. The fraction of sp³-hybridized carbons (Fsp3) is 0.667. The quantitative estimate of drug-likeness (QED) is 0.683. The van der Waals surface area contributed by atoms with Gasteiger partial charge in [0.15, 0.2) is 0 Å². The second-order valence-electron chi connectivity index (χ2n) is 5.18. The van der Waals surface area contributed by atoms with Crippen LogP contribution in [0.4, 0.5) is 0 Å². The van der Waals surface area contributed by atoms with Crippen LogP contribution in [0.15, 0.2) is 25.3 Å². The molecule has 1 fully saturated rings. The highest BCUT2D eigenvalue weighted by Gasteiger charge is 2.22. The molecular formula is C15H25NO2. The van der Waals surface area contributed by atoms with Crippen molar-refractivity contribution in [3.8, 4) is 0 Å². The van der Waals surface area contributed by atoms with E-state index in [4.69, 9.17) is 0 Å². The summed E-state index contributed by atoms with van der Waals surface area (Å²) in [5.41, 5.74) is 0. The lowest BCUT2D eigenvalue weighted by molar-refractivity contribution is -0.125. The summed E-state index contributed by atoms with van der Waals surface area (Å²) in [6, 6.07) is 0. The minimum Gasteiger partial charge on any atom is -0.393 e. The Morgan fingerprint density at radius 1 is 1.33 bits per heavy atom. The number of allylic oxidation sites excluding steroid dienone is 2. The average molecular weight is 251 g/mol. The maximum absolute atomic E-state index is 12.0. The highest BCUT2D eigenvalue weighted by atomic mass is 16.3. The van der Waals surface area contributed by atoms with E-state index in [9.17, 15) is 9.90 Å². The molecule has 0 aliphatic heterocycles. The number of aliphatic hydroxyl groups is 1. The molecule has 1 saturated carbocycles. The number of rotatable bonds is 7. The molecule has 0 spiro atoms. The Bertz CT molecular complexity index is 278. The molecule has 1 aliphatic carbocycles. The first kappa shape index (κ1) is 15.0. The number of carbonyl (C=O) groups is 1. The molecule has 0 radical (unpaired) electrons. The summed E-state index contributed by atoms with van der Waals surface area (Å²) in [5, 5.41) is 12.6. The second kappa shape index (κ2) is 8.09. The standard InChI is InChI=1S/C15H25NO2/c1-3-6-13(7-4-2)15(18)16-11-12-8-5-9-14(17)10-12/h3-4,12-14,17H,1-2,5-11H2,(H,16,18). The van der Waals surface area contributed by atoms with Crippen molar-refractivity contribution in [2.24, 2.45) is 11.8 Å². The molecule has 0 aromatic heterocycles. The van der Waals surface area contributed by atoms with E-state index < -0.39 is 0 Å². The van der Waals surface area contributed by atoms with Crippen LogP contribution < -0.4 is 5.32 Å². The predicted octanol–water partition coefficient (Wildman–Crippen LogP) is 2.42. The fourth-order valence-electron chi connectivity index (χ4n) is 2.55. The summed E-state index contributed by atoms with van der Waals surface area (Å²) < 4.78 is 0. The van der Waals surface area contributed by atoms with Gasteiger partial charge in [-0.15, -0.1) is 13.2 Å². The number of nitrogens with one attached hydrogen (secondary N) is 1. The predicted molar refractivity (Wildman–Crippen MR) is 74.1 cm³/mol. The van der Waals surface area contributed by atoms with Crippen LogP contribution in [0.25, 0.3) is 0 Å². The van der Waals surface area contributed by atoms with Crippen molar-refractivity contribution >= 4 is 5.91 Å². The number of hydrogen-bond donors (Lipinski definition) is 2. The van der Waals surface area contributed by atoms with Crippen LogP contribution in [-0.2, 0) is 4.79 Å². The van der Waals surface area contributed by atoms with Gasteiger partial charge in [0.25, 0.3) is 0 Å². The summed E-state index contributed by atoms with van der Waals surface area (Å²) in [4.78, 5) is 12.0. The van der Waals surface area contributed by atoms with Gasteiger partial charge in [0.1, 0.15) is 0 Å². The normalized spacial score (nSPS) is 23.7. The van der Waals surface area contributed by atoms with E-state index in [1.807, 2.05) is 0 Å². The lowest BCUT2D eigenvalue weighted by Gasteiger charge is -2.26. The molecule has 0 heterocycles. The van der Waals surface area contributed by atoms with Crippen molar-refractivity contribution in [3.63, 3.8) is 0 Å². The van der Waals surface area contributed by atoms with E-state index in [-0.39, 0.29) is 17.9 Å². The summed E-state index contributed by atoms with van der Waals surface area (Å²) in [7, 11) is 0. The topological polar surface area (TPSA) is 49.3 Å². The zero-order chi connectivity index (χ0) is 13.4. The molecule has 1 amide bonds. The van der Waals surface area contributed by atoms with Crippen molar-refractivity contribution in [2.75, 3.05) is 6.54 Å². The minimum atomic E-state index is -0.183. The van der Waals surface area contributed by atoms with Crippen LogP contribution >= 0.6 is 0 Å². The van der Waals surface area contributed by atoms with Gasteiger partial charge in [-0.05, 0) is 38.0 Å². The zero-order valence-corrected chi connectivity index (χ0v) is 11.1. The number of hydrogen-bond acceptors (Lipinski definition) is 2. The van der Waals surface area contributed by atoms with Crippen LogP contribution in [0.5, 0.6) is 0 Å². The molecule has 1 rings (SSSR count). The number of carbonyl (C=O) groups excluding carboxylic acids is 1. The summed E-state index contributed by atoms with van der Waals surface area (Å²) in [5.74, 6) is 0.453. The monoisotopic (exact) mass is 251 g/mol. The van der Waals surface area contributed by atoms with Crippen LogP contribution in [0.3, 0.4) is 0 Å². The van der Waals surface area contributed by atoms with Gasteiger partial charge in [-0.25, -0.2) is 0 Å². The smallest absolute Gasteiger partial charge is 0.223 e. The van der Waals surface area contributed by atoms with Gasteiger partial charge in [-0.1, -0.05) is 18.6 Å². The van der Waals surface area contributed by atoms with Gasteiger partial charge in [0.05, 0.1) is 6.10 Å². The largest absolute Gasteiger partial charge is 0.393 e. The van der Waals surface area contributed by atoms with Gasteiger partial charge in [0.2, 0.25) is 5.91 Å². The van der Waals surface area contributed by atoms with Gasteiger partial charge in [0, 0.05) is 12.5 Å². The molecule has 0 saturated heterocycles. The molecule has 102 valence electrons. The van der Waals surface area contributed by atoms with Crippen LogP contribution in [-0.4, -0.2) is 23.7 Å². The maximum Gasteiger partial charge on any atom is 0.223 e. The number of aliphatic hydroxyl groups excluding tert-OH is 1. The first-order valence-corrected chi connectivity index (χ1v) is 6.85. The Balaban J connectivity index is 2.33. The van der Waals surface area contributed by atoms with E-state index in [2.05, 4.69) is 18.5 Å². The van der Waals surface area contributed by atoms with Crippen molar-refractivity contribution in [1.29, 1.82) is 0 Å². The van der Waals surface area contributed by atoms with E-state index >= 15 is 0 Å². The van der Waals surface area contributed by atoms with Crippen LogP contribution in [0, 0.1) is 11.8 Å². The molecule has 2 N–H and O–H groups in total. The lowest BCUT2D eigenvalue weighted by atomic mass is 9.87. The van der Waals surface area contributed by atoms with E-state index in [0.717, 1.165) is 25.7 Å². The van der Waals surface area contributed by atoms with Gasteiger partial charge >= 0.3 is 0 Å². The Kier molecular flexibility index (Phi) is 6.73.